The van der Waals surface area contributed by atoms with E-state index in [4.69, 9.17) is 5.11 Å². The summed E-state index contributed by atoms with van der Waals surface area (Å²) >= 11 is 0. The Kier molecular flexibility index (Phi) is 1.64. The van der Waals surface area contributed by atoms with Crippen LogP contribution in [-0.2, 0) is 4.79 Å². The SMILES string of the molecule is O=C(O)C1C=PCC1. The van der Waals surface area contributed by atoms with Crippen LogP contribution in [-0.4, -0.2) is 23.0 Å². The lowest BCUT2D eigenvalue weighted by Gasteiger charge is -1.94. The predicted molar refractivity (Wildman–Crippen MR) is 33.6 cm³/mol. The molecule has 8 heavy (non-hydrogen) atoms. The van der Waals surface area contributed by atoms with E-state index in [9.17, 15) is 4.79 Å². The van der Waals surface area contributed by atoms with Gasteiger partial charge in [-0.1, -0.05) is 0 Å². The van der Waals surface area contributed by atoms with E-state index < -0.39 is 5.97 Å². The quantitative estimate of drug-likeness (QED) is 0.534. The smallest absolute Gasteiger partial charge is 0.310 e. The van der Waals surface area contributed by atoms with Crippen molar-refractivity contribution in [1.82, 2.24) is 0 Å². The molecular weight excluding hydrogens is 123 g/mol. The minimum absolute atomic E-state index is 0.156. The average Bonchev–Trinajstić information content (AvgIpc) is 2.12. The van der Waals surface area contributed by atoms with Gasteiger partial charge in [0.1, 0.15) is 0 Å². The fourth-order valence-corrected chi connectivity index (χ4v) is 1.78. The average molecular weight is 130 g/mol. The van der Waals surface area contributed by atoms with E-state index in [0.717, 1.165) is 12.6 Å². The number of rotatable bonds is 1. The van der Waals surface area contributed by atoms with Gasteiger partial charge >= 0.3 is 5.97 Å². The van der Waals surface area contributed by atoms with Crippen molar-refractivity contribution in [3.63, 3.8) is 0 Å². The van der Waals surface area contributed by atoms with Crippen LogP contribution in [0.5, 0.6) is 0 Å². The van der Waals surface area contributed by atoms with Gasteiger partial charge in [-0.05, 0) is 18.4 Å². The molecule has 0 aromatic heterocycles. The fraction of sp³-hybridized carbons (Fsp3) is 0.600. The first kappa shape index (κ1) is 5.77. The molecule has 0 saturated carbocycles. The summed E-state index contributed by atoms with van der Waals surface area (Å²) in [6.07, 6.45) is 1.86. The van der Waals surface area contributed by atoms with Crippen molar-refractivity contribution in [1.29, 1.82) is 0 Å². The monoisotopic (exact) mass is 130 g/mol. The topological polar surface area (TPSA) is 37.3 Å². The minimum Gasteiger partial charge on any atom is -0.481 e. The molecule has 0 aromatic carbocycles. The summed E-state index contributed by atoms with van der Waals surface area (Å²) < 4.78 is 0. The first-order valence-electron chi connectivity index (χ1n) is 2.53. The number of hydrogen-bond acceptors (Lipinski definition) is 1. The standard InChI is InChI=1S/C5H7O2P/c6-5(7)4-1-2-8-3-4/h3-4H,1-2H2,(H,6,7). The van der Waals surface area contributed by atoms with Gasteiger partial charge in [-0.2, -0.15) is 0 Å². The van der Waals surface area contributed by atoms with E-state index in [1.165, 1.54) is 8.20 Å². The highest BCUT2D eigenvalue weighted by molar-refractivity contribution is 7.39. The summed E-state index contributed by atoms with van der Waals surface area (Å²) in [6, 6.07) is 0. The molecule has 0 spiro atoms. The zero-order valence-corrected chi connectivity index (χ0v) is 5.27. The van der Waals surface area contributed by atoms with Crippen molar-refractivity contribution in [2.24, 2.45) is 5.92 Å². The zero-order valence-electron chi connectivity index (χ0n) is 4.37. The molecule has 1 unspecified atom stereocenters. The summed E-state index contributed by atoms with van der Waals surface area (Å²) in [5, 5.41) is 8.38. The van der Waals surface area contributed by atoms with Crippen molar-refractivity contribution in [2.45, 2.75) is 6.42 Å². The van der Waals surface area contributed by atoms with E-state index >= 15 is 0 Å². The molecular formula is C5H7O2P. The second-order valence-electron chi connectivity index (χ2n) is 1.79. The lowest BCUT2D eigenvalue weighted by molar-refractivity contribution is -0.139. The first-order chi connectivity index (χ1) is 3.80. The van der Waals surface area contributed by atoms with E-state index in [1.54, 1.807) is 0 Å². The third-order valence-corrected chi connectivity index (χ3v) is 2.26. The van der Waals surface area contributed by atoms with Gasteiger partial charge in [0.05, 0.1) is 5.92 Å². The largest absolute Gasteiger partial charge is 0.481 e. The predicted octanol–water partition coefficient (Wildman–Crippen LogP) is 0.839. The van der Waals surface area contributed by atoms with Crippen molar-refractivity contribution in [3.05, 3.63) is 0 Å². The Bertz CT molecular complexity index is 130. The van der Waals surface area contributed by atoms with Gasteiger partial charge in [0.2, 0.25) is 0 Å². The molecule has 0 aromatic rings. The second-order valence-corrected chi connectivity index (χ2v) is 2.90. The molecule has 1 aliphatic rings. The molecule has 1 N–H and O–H groups in total. The highest BCUT2D eigenvalue weighted by Gasteiger charge is 2.16. The molecule has 0 aliphatic carbocycles. The number of carboxylic acid groups (broad SMARTS) is 1. The Morgan fingerprint density at radius 2 is 2.62 bits per heavy atom. The minimum atomic E-state index is -0.671. The van der Waals surface area contributed by atoms with Crippen LogP contribution in [0.15, 0.2) is 0 Å². The zero-order chi connectivity index (χ0) is 5.98. The maximum Gasteiger partial charge on any atom is 0.310 e. The number of carboxylic acids is 1. The molecule has 1 atom stereocenters. The maximum atomic E-state index is 10.2. The van der Waals surface area contributed by atoms with Crippen molar-refractivity contribution < 1.29 is 9.90 Å². The molecule has 0 radical (unpaired) electrons. The van der Waals surface area contributed by atoms with Crippen LogP contribution < -0.4 is 0 Å². The number of hydrogen-bond donors (Lipinski definition) is 1. The first-order valence-corrected chi connectivity index (χ1v) is 3.68. The lowest BCUT2D eigenvalue weighted by atomic mass is 10.1. The molecule has 1 heterocycles. The Balaban J connectivity index is 2.48. The molecule has 0 fully saturated rings. The fourth-order valence-electron chi connectivity index (χ4n) is 0.677. The third-order valence-electron chi connectivity index (χ3n) is 1.17. The summed E-state index contributed by atoms with van der Waals surface area (Å²) in [6.45, 7) is 0. The number of carbonyl (C=O) groups is 1. The van der Waals surface area contributed by atoms with Gasteiger partial charge in [-0.15, -0.1) is 8.20 Å². The summed E-state index contributed by atoms with van der Waals surface area (Å²) in [7, 11) is 1.19. The second kappa shape index (κ2) is 2.27. The van der Waals surface area contributed by atoms with Crippen LogP contribution in [0.1, 0.15) is 6.42 Å². The highest BCUT2D eigenvalue weighted by atomic mass is 31.1. The molecule has 1 aliphatic heterocycles. The lowest BCUT2D eigenvalue weighted by Crippen LogP contribution is -2.11. The molecule has 0 amide bonds. The van der Waals surface area contributed by atoms with Gasteiger partial charge in [0.25, 0.3) is 0 Å². The van der Waals surface area contributed by atoms with E-state index in [-0.39, 0.29) is 5.92 Å². The van der Waals surface area contributed by atoms with Crippen molar-refractivity contribution in [2.75, 3.05) is 6.16 Å². The Labute approximate surface area is 49.3 Å². The van der Waals surface area contributed by atoms with Gasteiger partial charge in [-0.3, -0.25) is 4.79 Å². The van der Waals surface area contributed by atoms with Crippen LogP contribution in [0.2, 0.25) is 0 Å². The molecule has 2 nitrogen and oxygen atoms in total. The molecule has 1 rings (SSSR count). The van der Waals surface area contributed by atoms with Crippen LogP contribution in [0.4, 0.5) is 0 Å². The molecule has 3 heteroatoms. The van der Waals surface area contributed by atoms with E-state index in [1.807, 2.05) is 5.80 Å². The molecule has 0 saturated heterocycles. The highest BCUT2D eigenvalue weighted by Crippen LogP contribution is 2.16. The van der Waals surface area contributed by atoms with Crippen LogP contribution in [0, 0.1) is 5.92 Å². The summed E-state index contributed by atoms with van der Waals surface area (Å²) in [5.41, 5.74) is 0. The summed E-state index contributed by atoms with van der Waals surface area (Å²) in [4.78, 5) is 10.2. The van der Waals surface area contributed by atoms with Crippen LogP contribution in [0.3, 0.4) is 0 Å². The normalized spacial score (nSPS) is 28.2. The Hall–Kier alpha value is -0.360. The molecule has 0 bridgehead atoms. The van der Waals surface area contributed by atoms with Gasteiger partial charge in [0, 0.05) is 0 Å². The van der Waals surface area contributed by atoms with Crippen molar-refractivity contribution in [3.8, 4) is 0 Å². The van der Waals surface area contributed by atoms with Gasteiger partial charge in [-0.25, -0.2) is 0 Å². The van der Waals surface area contributed by atoms with E-state index in [2.05, 4.69) is 0 Å². The van der Waals surface area contributed by atoms with Gasteiger partial charge < -0.3 is 5.11 Å². The maximum absolute atomic E-state index is 10.2. The van der Waals surface area contributed by atoms with E-state index in [0.29, 0.717) is 0 Å². The van der Waals surface area contributed by atoms with Gasteiger partial charge in [0.15, 0.2) is 0 Å². The molecule has 44 valence electrons. The summed E-state index contributed by atoms with van der Waals surface area (Å²) in [5.74, 6) is 1.02. The number of aliphatic carboxylic acids is 1. The Morgan fingerprint density at radius 1 is 1.88 bits per heavy atom. The van der Waals surface area contributed by atoms with Crippen LogP contribution >= 0.6 is 8.20 Å². The Morgan fingerprint density at radius 3 is 2.88 bits per heavy atom. The van der Waals surface area contributed by atoms with Crippen molar-refractivity contribution >= 4 is 20.0 Å². The van der Waals surface area contributed by atoms with Crippen LogP contribution in [0.25, 0.3) is 0 Å². The third kappa shape index (κ3) is 1.07.